The van der Waals surface area contributed by atoms with Gasteiger partial charge in [-0.15, -0.1) is 0 Å². The molecule has 0 heterocycles. The molecule has 0 unspecified atom stereocenters. The maximum atomic E-state index is 3.42. The zero-order valence-corrected chi connectivity index (χ0v) is 9.06. The smallest absolute Gasteiger partial charge is 0.0314 e. The van der Waals surface area contributed by atoms with Gasteiger partial charge in [0.1, 0.15) is 0 Å². The Labute approximate surface area is 82.3 Å². The van der Waals surface area contributed by atoms with Crippen LogP contribution in [-0.2, 0) is 0 Å². The molecule has 1 rings (SSSR count). The lowest BCUT2D eigenvalue weighted by Crippen LogP contribution is -2.14. The SMILES string of the molecule is CC[C@H](NC)c1ccc(Br)cc1. The molecule has 1 nitrogen and oxygen atoms in total. The number of hydrogen-bond donors (Lipinski definition) is 1. The molecule has 0 saturated carbocycles. The molecule has 1 aromatic rings. The summed E-state index contributed by atoms with van der Waals surface area (Å²) in [5, 5.41) is 3.27. The molecular weight excluding hydrogens is 214 g/mol. The van der Waals surface area contributed by atoms with Gasteiger partial charge in [-0.2, -0.15) is 0 Å². The monoisotopic (exact) mass is 227 g/mol. The van der Waals surface area contributed by atoms with Crippen LogP contribution in [0.4, 0.5) is 0 Å². The first-order valence-corrected chi connectivity index (χ1v) is 5.00. The van der Waals surface area contributed by atoms with Crippen molar-refractivity contribution in [3.05, 3.63) is 34.3 Å². The van der Waals surface area contributed by atoms with E-state index in [0.29, 0.717) is 6.04 Å². The van der Waals surface area contributed by atoms with Crippen LogP contribution in [0.2, 0.25) is 0 Å². The topological polar surface area (TPSA) is 12.0 Å². The fraction of sp³-hybridized carbons (Fsp3) is 0.400. The molecule has 1 N–H and O–H groups in total. The second kappa shape index (κ2) is 4.63. The summed E-state index contributed by atoms with van der Waals surface area (Å²) in [5.74, 6) is 0. The number of halogens is 1. The minimum Gasteiger partial charge on any atom is -0.313 e. The summed E-state index contributed by atoms with van der Waals surface area (Å²) in [4.78, 5) is 0. The van der Waals surface area contributed by atoms with E-state index < -0.39 is 0 Å². The van der Waals surface area contributed by atoms with Gasteiger partial charge in [0.2, 0.25) is 0 Å². The van der Waals surface area contributed by atoms with Crippen LogP contribution in [0.3, 0.4) is 0 Å². The highest BCUT2D eigenvalue weighted by Gasteiger charge is 2.04. The minimum absolute atomic E-state index is 0.484. The van der Waals surface area contributed by atoms with Gasteiger partial charge < -0.3 is 5.32 Å². The first-order chi connectivity index (χ1) is 5.77. The lowest BCUT2D eigenvalue weighted by molar-refractivity contribution is 0.577. The van der Waals surface area contributed by atoms with Crippen LogP contribution in [0.15, 0.2) is 28.7 Å². The lowest BCUT2D eigenvalue weighted by atomic mass is 10.1. The van der Waals surface area contributed by atoms with Crippen molar-refractivity contribution in [2.24, 2.45) is 0 Å². The molecule has 12 heavy (non-hydrogen) atoms. The van der Waals surface area contributed by atoms with Crippen LogP contribution in [0.5, 0.6) is 0 Å². The molecule has 66 valence electrons. The van der Waals surface area contributed by atoms with E-state index in [9.17, 15) is 0 Å². The summed E-state index contributed by atoms with van der Waals surface area (Å²) in [7, 11) is 2.00. The minimum atomic E-state index is 0.484. The Morgan fingerprint density at radius 3 is 2.33 bits per heavy atom. The Kier molecular flexibility index (Phi) is 3.76. The molecule has 0 aromatic heterocycles. The Morgan fingerprint density at radius 2 is 1.92 bits per heavy atom. The Bertz CT molecular complexity index is 226. The fourth-order valence-corrected chi connectivity index (χ4v) is 1.57. The van der Waals surface area contributed by atoms with Crippen LogP contribution >= 0.6 is 15.9 Å². The Hall–Kier alpha value is -0.340. The van der Waals surface area contributed by atoms with Crippen molar-refractivity contribution in [3.63, 3.8) is 0 Å². The molecule has 0 radical (unpaired) electrons. The van der Waals surface area contributed by atoms with E-state index in [2.05, 4.69) is 52.4 Å². The van der Waals surface area contributed by atoms with Crippen molar-refractivity contribution < 1.29 is 0 Å². The van der Waals surface area contributed by atoms with Crippen molar-refractivity contribution >= 4 is 15.9 Å². The van der Waals surface area contributed by atoms with Gasteiger partial charge in [-0.05, 0) is 31.2 Å². The average molecular weight is 228 g/mol. The second-order valence-electron chi connectivity index (χ2n) is 2.80. The third-order valence-electron chi connectivity index (χ3n) is 2.03. The molecule has 1 atom stereocenters. The fourth-order valence-electron chi connectivity index (χ4n) is 1.30. The molecule has 0 fully saturated rings. The van der Waals surface area contributed by atoms with E-state index >= 15 is 0 Å². The number of benzene rings is 1. The quantitative estimate of drug-likeness (QED) is 0.838. The first-order valence-electron chi connectivity index (χ1n) is 4.20. The average Bonchev–Trinajstić information content (AvgIpc) is 2.10. The molecule has 0 amide bonds. The van der Waals surface area contributed by atoms with Crippen LogP contribution in [0.25, 0.3) is 0 Å². The lowest BCUT2D eigenvalue weighted by Gasteiger charge is -2.13. The number of hydrogen-bond acceptors (Lipinski definition) is 1. The van der Waals surface area contributed by atoms with E-state index in [-0.39, 0.29) is 0 Å². The predicted molar refractivity (Wildman–Crippen MR) is 56.2 cm³/mol. The largest absolute Gasteiger partial charge is 0.313 e. The van der Waals surface area contributed by atoms with Crippen molar-refractivity contribution in [2.45, 2.75) is 19.4 Å². The zero-order chi connectivity index (χ0) is 8.97. The maximum absolute atomic E-state index is 3.42. The summed E-state index contributed by atoms with van der Waals surface area (Å²) in [6.45, 7) is 2.18. The molecule has 0 aliphatic rings. The van der Waals surface area contributed by atoms with Gasteiger partial charge in [0.05, 0.1) is 0 Å². The first kappa shape index (κ1) is 9.75. The Morgan fingerprint density at radius 1 is 1.33 bits per heavy atom. The van der Waals surface area contributed by atoms with E-state index in [0.717, 1.165) is 10.9 Å². The molecule has 0 saturated heterocycles. The van der Waals surface area contributed by atoms with Gasteiger partial charge in [0.25, 0.3) is 0 Å². The number of rotatable bonds is 3. The summed E-state index contributed by atoms with van der Waals surface area (Å²) in [6, 6.07) is 8.94. The summed E-state index contributed by atoms with van der Waals surface area (Å²) < 4.78 is 1.14. The third-order valence-corrected chi connectivity index (χ3v) is 2.56. The van der Waals surface area contributed by atoms with Crippen LogP contribution in [-0.4, -0.2) is 7.05 Å². The normalized spacial score (nSPS) is 12.9. The van der Waals surface area contributed by atoms with Crippen LogP contribution in [0, 0.1) is 0 Å². The Balaban J connectivity index is 2.80. The van der Waals surface area contributed by atoms with Crippen LogP contribution in [0.1, 0.15) is 24.9 Å². The van der Waals surface area contributed by atoms with E-state index in [4.69, 9.17) is 0 Å². The van der Waals surface area contributed by atoms with Gasteiger partial charge >= 0.3 is 0 Å². The van der Waals surface area contributed by atoms with Gasteiger partial charge in [-0.25, -0.2) is 0 Å². The van der Waals surface area contributed by atoms with Crippen molar-refractivity contribution in [1.29, 1.82) is 0 Å². The summed E-state index contributed by atoms with van der Waals surface area (Å²) >= 11 is 3.42. The molecule has 0 aliphatic carbocycles. The molecule has 0 bridgehead atoms. The third kappa shape index (κ3) is 2.32. The summed E-state index contributed by atoms with van der Waals surface area (Å²) in [6.07, 6.45) is 1.12. The van der Waals surface area contributed by atoms with Gasteiger partial charge in [0.15, 0.2) is 0 Å². The van der Waals surface area contributed by atoms with E-state index in [1.165, 1.54) is 5.56 Å². The highest BCUT2D eigenvalue weighted by Crippen LogP contribution is 2.18. The van der Waals surface area contributed by atoms with E-state index in [1.54, 1.807) is 0 Å². The van der Waals surface area contributed by atoms with Gasteiger partial charge in [-0.1, -0.05) is 35.0 Å². The van der Waals surface area contributed by atoms with Crippen molar-refractivity contribution in [3.8, 4) is 0 Å². The molecule has 0 spiro atoms. The highest BCUT2D eigenvalue weighted by atomic mass is 79.9. The van der Waals surface area contributed by atoms with Crippen molar-refractivity contribution in [1.82, 2.24) is 5.32 Å². The maximum Gasteiger partial charge on any atom is 0.0314 e. The zero-order valence-electron chi connectivity index (χ0n) is 7.47. The van der Waals surface area contributed by atoms with Gasteiger partial charge in [-0.3, -0.25) is 0 Å². The highest BCUT2D eigenvalue weighted by molar-refractivity contribution is 9.10. The molecular formula is C10H14BrN. The summed E-state index contributed by atoms with van der Waals surface area (Å²) in [5.41, 5.74) is 1.35. The number of nitrogens with one attached hydrogen (secondary N) is 1. The van der Waals surface area contributed by atoms with E-state index in [1.807, 2.05) is 7.05 Å². The molecule has 2 heteroatoms. The molecule has 1 aromatic carbocycles. The standard InChI is InChI=1S/C10H14BrN/c1-3-10(12-2)8-4-6-9(11)7-5-8/h4-7,10,12H,3H2,1-2H3/t10-/m0/s1. The molecule has 0 aliphatic heterocycles. The van der Waals surface area contributed by atoms with Crippen molar-refractivity contribution in [2.75, 3.05) is 7.05 Å². The second-order valence-corrected chi connectivity index (χ2v) is 3.72. The van der Waals surface area contributed by atoms with Crippen LogP contribution < -0.4 is 5.32 Å². The van der Waals surface area contributed by atoms with Gasteiger partial charge in [0, 0.05) is 10.5 Å². The predicted octanol–water partition coefficient (Wildman–Crippen LogP) is 3.12.